The molecule has 3 aromatic rings. The predicted octanol–water partition coefficient (Wildman–Crippen LogP) is 5.92. The Morgan fingerprint density at radius 1 is 1.10 bits per heavy atom. The van der Waals surface area contributed by atoms with E-state index in [2.05, 4.69) is 43.1 Å². The standard InChI is InChI=1S/C17H14ClNS/c1-11-7-8-12(2)14(9-11)19-10-16-17(18)13-5-3-4-6-15(13)20-16/h3-10H,1-2H3. The summed E-state index contributed by atoms with van der Waals surface area (Å²) in [7, 11) is 0. The molecule has 0 spiro atoms. The van der Waals surface area contributed by atoms with Crippen molar-refractivity contribution in [2.75, 3.05) is 0 Å². The van der Waals surface area contributed by atoms with Crippen LogP contribution in [0.1, 0.15) is 16.0 Å². The van der Waals surface area contributed by atoms with Crippen molar-refractivity contribution < 1.29 is 0 Å². The minimum atomic E-state index is 0.791. The van der Waals surface area contributed by atoms with Gasteiger partial charge in [0, 0.05) is 16.3 Å². The predicted molar refractivity (Wildman–Crippen MR) is 90.0 cm³/mol. The highest BCUT2D eigenvalue weighted by atomic mass is 35.5. The van der Waals surface area contributed by atoms with Crippen LogP contribution in [0.3, 0.4) is 0 Å². The number of benzene rings is 2. The van der Waals surface area contributed by atoms with E-state index in [1.807, 2.05) is 24.4 Å². The number of hydrogen-bond acceptors (Lipinski definition) is 2. The van der Waals surface area contributed by atoms with Gasteiger partial charge in [0.1, 0.15) is 0 Å². The zero-order chi connectivity index (χ0) is 14.1. The third-order valence-corrected chi connectivity index (χ3v) is 4.87. The number of rotatable bonds is 2. The molecule has 0 saturated heterocycles. The van der Waals surface area contributed by atoms with Crippen LogP contribution >= 0.6 is 22.9 Å². The van der Waals surface area contributed by atoms with E-state index in [1.54, 1.807) is 11.3 Å². The Morgan fingerprint density at radius 3 is 2.70 bits per heavy atom. The van der Waals surface area contributed by atoms with Crippen LogP contribution in [0.2, 0.25) is 5.02 Å². The first-order chi connectivity index (χ1) is 9.65. The van der Waals surface area contributed by atoms with Crippen LogP contribution in [-0.4, -0.2) is 6.21 Å². The van der Waals surface area contributed by atoms with E-state index in [-0.39, 0.29) is 0 Å². The van der Waals surface area contributed by atoms with Crippen molar-refractivity contribution in [1.29, 1.82) is 0 Å². The molecule has 0 amide bonds. The molecule has 0 aliphatic carbocycles. The maximum atomic E-state index is 6.41. The molecule has 2 aromatic carbocycles. The third-order valence-electron chi connectivity index (χ3n) is 3.25. The highest BCUT2D eigenvalue weighted by Gasteiger charge is 2.07. The molecular weight excluding hydrogens is 286 g/mol. The number of nitrogens with zero attached hydrogens (tertiary/aromatic N) is 1. The maximum Gasteiger partial charge on any atom is 0.0680 e. The van der Waals surface area contributed by atoms with Crippen LogP contribution in [0.5, 0.6) is 0 Å². The van der Waals surface area contributed by atoms with Gasteiger partial charge in [0.25, 0.3) is 0 Å². The minimum absolute atomic E-state index is 0.791. The van der Waals surface area contributed by atoms with Crippen LogP contribution in [0, 0.1) is 13.8 Å². The van der Waals surface area contributed by atoms with Crippen LogP contribution in [0.25, 0.3) is 10.1 Å². The monoisotopic (exact) mass is 299 g/mol. The summed E-state index contributed by atoms with van der Waals surface area (Å²) < 4.78 is 1.19. The summed E-state index contributed by atoms with van der Waals surface area (Å²) in [6, 6.07) is 14.4. The Morgan fingerprint density at radius 2 is 1.90 bits per heavy atom. The van der Waals surface area contributed by atoms with Gasteiger partial charge in [-0.2, -0.15) is 0 Å². The van der Waals surface area contributed by atoms with Crippen molar-refractivity contribution >= 4 is 44.9 Å². The number of fused-ring (bicyclic) bond motifs is 1. The van der Waals surface area contributed by atoms with E-state index < -0.39 is 0 Å². The molecule has 3 rings (SSSR count). The quantitative estimate of drug-likeness (QED) is 0.521. The molecule has 0 aliphatic rings. The summed E-state index contributed by atoms with van der Waals surface area (Å²) in [6.45, 7) is 4.14. The lowest BCUT2D eigenvalue weighted by Crippen LogP contribution is -1.79. The van der Waals surface area contributed by atoms with Gasteiger partial charge in [0.2, 0.25) is 0 Å². The first-order valence-electron chi connectivity index (χ1n) is 6.43. The Hall–Kier alpha value is -1.64. The van der Waals surface area contributed by atoms with Crippen molar-refractivity contribution in [2.45, 2.75) is 13.8 Å². The summed E-state index contributed by atoms with van der Waals surface area (Å²) in [5.41, 5.74) is 3.38. The fourth-order valence-corrected chi connectivity index (χ4v) is 3.46. The molecule has 0 aliphatic heterocycles. The summed E-state index contributed by atoms with van der Waals surface area (Å²) in [5, 5.41) is 1.89. The summed E-state index contributed by atoms with van der Waals surface area (Å²) >= 11 is 8.09. The normalized spacial score (nSPS) is 11.6. The van der Waals surface area contributed by atoms with Crippen LogP contribution in [0.4, 0.5) is 5.69 Å². The highest BCUT2D eigenvalue weighted by Crippen LogP contribution is 2.34. The number of aryl methyl sites for hydroxylation is 2. The van der Waals surface area contributed by atoms with Gasteiger partial charge in [-0.3, -0.25) is 4.99 Å². The number of halogens is 1. The summed E-state index contributed by atoms with van der Waals surface area (Å²) in [5.74, 6) is 0. The first kappa shape index (κ1) is 13.3. The van der Waals surface area contributed by atoms with E-state index in [9.17, 15) is 0 Å². The smallest absolute Gasteiger partial charge is 0.0680 e. The molecule has 0 unspecified atom stereocenters. The van der Waals surface area contributed by atoms with Gasteiger partial charge in [-0.05, 0) is 37.1 Å². The highest BCUT2D eigenvalue weighted by molar-refractivity contribution is 7.21. The number of thiophene rings is 1. The maximum absolute atomic E-state index is 6.41. The summed E-state index contributed by atoms with van der Waals surface area (Å²) in [6.07, 6.45) is 1.87. The molecule has 0 N–H and O–H groups in total. The second kappa shape index (κ2) is 5.39. The Kier molecular flexibility index (Phi) is 3.60. The van der Waals surface area contributed by atoms with Crippen LogP contribution in [-0.2, 0) is 0 Å². The average molecular weight is 300 g/mol. The molecule has 0 atom stereocenters. The fraction of sp³-hybridized carbons (Fsp3) is 0.118. The van der Waals surface area contributed by atoms with Crippen molar-refractivity contribution in [2.24, 2.45) is 4.99 Å². The zero-order valence-electron chi connectivity index (χ0n) is 11.4. The van der Waals surface area contributed by atoms with Gasteiger partial charge in [0.15, 0.2) is 0 Å². The average Bonchev–Trinajstić information content (AvgIpc) is 2.77. The minimum Gasteiger partial charge on any atom is -0.255 e. The van der Waals surface area contributed by atoms with Gasteiger partial charge in [-0.15, -0.1) is 11.3 Å². The molecule has 0 bridgehead atoms. The van der Waals surface area contributed by atoms with Crippen molar-refractivity contribution in [3.05, 3.63) is 63.5 Å². The Labute approximate surface area is 127 Å². The largest absolute Gasteiger partial charge is 0.255 e. The molecule has 1 aromatic heterocycles. The summed E-state index contributed by atoms with van der Waals surface area (Å²) in [4.78, 5) is 5.60. The van der Waals surface area contributed by atoms with Crippen molar-refractivity contribution in [3.8, 4) is 0 Å². The molecule has 0 radical (unpaired) electrons. The second-order valence-corrected chi connectivity index (χ2v) is 6.29. The number of aliphatic imine (C=N–C) groups is 1. The molecular formula is C17H14ClNS. The molecule has 100 valence electrons. The SMILES string of the molecule is Cc1ccc(C)c(N=Cc2sc3ccccc3c2Cl)c1. The van der Waals surface area contributed by atoms with Crippen LogP contribution < -0.4 is 0 Å². The zero-order valence-corrected chi connectivity index (χ0v) is 12.9. The van der Waals surface area contributed by atoms with E-state index >= 15 is 0 Å². The Balaban J connectivity index is 2.02. The van der Waals surface area contributed by atoms with Gasteiger partial charge in [-0.25, -0.2) is 0 Å². The fourth-order valence-electron chi connectivity index (χ4n) is 2.10. The molecule has 0 saturated carbocycles. The third kappa shape index (κ3) is 2.49. The molecule has 0 fully saturated rings. The topological polar surface area (TPSA) is 12.4 Å². The van der Waals surface area contributed by atoms with E-state index in [0.29, 0.717) is 0 Å². The van der Waals surface area contributed by atoms with Gasteiger partial charge < -0.3 is 0 Å². The van der Waals surface area contributed by atoms with E-state index in [0.717, 1.165) is 21.0 Å². The van der Waals surface area contributed by atoms with Crippen LogP contribution in [0.15, 0.2) is 47.5 Å². The Bertz CT molecular complexity index is 802. The van der Waals surface area contributed by atoms with Gasteiger partial charge in [-0.1, -0.05) is 41.9 Å². The van der Waals surface area contributed by atoms with Crippen molar-refractivity contribution in [1.82, 2.24) is 0 Å². The van der Waals surface area contributed by atoms with E-state index in [1.165, 1.54) is 15.8 Å². The lowest BCUT2D eigenvalue weighted by molar-refractivity contribution is 1.36. The van der Waals surface area contributed by atoms with E-state index in [4.69, 9.17) is 11.6 Å². The van der Waals surface area contributed by atoms with Crippen molar-refractivity contribution in [3.63, 3.8) is 0 Å². The molecule has 20 heavy (non-hydrogen) atoms. The molecule has 1 nitrogen and oxygen atoms in total. The lowest BCUT2D eigenvalue weighted by atomic mass is 10.1. The first-order valence-corrected chi connectivity index (χ1v) is 7.63. The second-order valence-electron chi connectivity index (χ2n) is 4.82. The lowest BCUT2D eigenvalue weighted by Gasteiger charge is -2.00. The molecule has 1 heterocycles. The number of hydrogen-bond donors (Lipinski definition) is 0. The van der Waals surface area contributed by atoms with Gasteiger partial charge in [0.05, 0.1) is 15.6 Å². The van der Waals surface area contributed by atoms with Gasteiger partial charge >= 0.3 is 0 Å². The molecule has 3 heteroatoms.